The fraction of sp³-hybridized carbons (Fsp3) is 0.308. The lowest BCUT2D eigenvalue weighted by Gasteiger charge is -2.15. The zero-order valence-corrected chi connectivity index (χ0v) is 11.9. The van der Waals surface area contributed by atoms with Crippen molar-refractivity contribution < 1.29 is 19.1 Å². The van der Waals surface area contributed by atoms with E-state index in [0.717, 1.165) is 0 Å². The van der Waals surface area contributed by atoms with Gasteiger partial charge in [0.25, 0.3) is 5.91 Å². The maximum absolute atomic E-state index is 11.7. The number of halogens is 1. The Kier molecular flexibility index (Phi) is 5.99. The molecule has 1 rings (SSSR count). The number of esters is 1. The Hall–Kier alpha value is -2.08. The fourth-order valence-corrected chi connectivity index (χ4v) is 1.47. The van der Waals surface area contributed by atoms with Gasteiger partial charge in [0, 0.05) is 17.6 Å². The SMILES string of the molecule is COC(=O)CN(C)C(=O)CNC(=O)c1ccc(Cl)cc1. The molecule has 0 unspecified atom stereocenters. The highest BCUT2D eigenvalue weighted by Crippen LogP contribution is 2.09. The first-order valence-electron chi connectivity index (χ1n) is 5.78. The highest BCUT2D eigenvalue weighted by Gasteiger charge is 2.14. The van der Waals surface area contributed by atoms with E-state index in [1.165, 1.54) is 19.1 Å². The van der Waals surface area contributed by atoms with E-state index in [9.17, 15) is 14.4 Å². The normalized spacial score (nSPS) is 9.75. The lowest BCUT2D eigenvalue weighted by molar-refractivity contribution is -0.145. The monoisotopic (exact) mass is 298 g/mol. The highest BCUT2D eigenvalue weighted by molar-refractivity contribution is 6.30. The molecule has 2 amide bonds. The summed E-state index contributed by atoms with van der Waals surface area (Å²) in [6.45, 7) is -0.360. The van der Waals surface area contributed by atoms with E-state index in [2.05, 4.69) is 10.1 Å². The third-order valence-corrected chi connectivity index (χ3v) is 2.78. The van der Waals surface area contributed by atoms with Crippen molar-refractivity contribution >= 4 is 29.4 Å². The smallest absolute Gasteiger partial charge is 0.325 e. The highest BCUT2D eigenvalue weighted by atomic mass is 35.5. The Bertz CT molecular complexity index is 502. The Morgan fingerprint density at radius 1 is 1.25 bits per heavy atom. The zero-order chi connectivity index (χ0) is 15.1. The van der Waals surface area contributed by atoms with Crippen LogP contribution in [0.3, 0.4) is 0 Å². The van der Waals surface area contributed by atoms with E-state index in [4.69, 9.17) is 11.6 Å². The molecule has 0 radical (unpaired) electrons. The number of nitrogens with zero attached hydrogens (tertiary/aromatic N) is 1. The van der Waals surface area contributed by atoms with Crippen molar-refractivity contribution in [1.82, 2.24) is 10.2 Å². The van der Waals surface area contributed by atoms with Gasteiger partial charge in [0.2, 0.25) is 5.91 Å². The van der Waals surface area contributed by atoms with Gasteiger partial charge in [-0.2, -0.15) is 0 Å². The van der Waals surface area contributed by atoms with Crippen LogP contribution < -0.4 is 5.32 Å². The van der Waals surface area contributed by atoms with Crippen molar-refractivity contribution in [3.05, 3.63) is 34.9 Å². The molecule has 1 N–H and O–H groups in total. The lowest BCUT2D eigenvalue weighted by atomic mass is 10.2. The van der Waals surface area contributed by atoms with E-state index >= 15 is 0 Å². The summed E-state index contributed by atoms with van der Waals surface area (Å²) in [5.41, 5.74) is 0.401. The maximum atomic E-state index is 11.7. The molecular weight excluding hydrogens is 284 g/mol. The van der Waals surface area contributed by atoms with Crippen LogP contribution in [0.15, 0.2) is 24.3 Å². The summed E-state index contributed by atoms with van der Waals surface area (Å²) in [5, 5.41) is 2.99. The average molecular weight is 299 g/mol. The molecule has 0 heterocycles. The number of carbonyl (C=O) groups is 3. The third kappa shape index (κ3) is 4.89. The fourth-order valence-electron chi connectivity index (χ4n) is 1.34. The third-order valence-electron chi connectivity index (χ3n) is 2.53. The van der Waals surface area contributed by atoms with Gasteiger partial charge < -0.3 is 15.0 Å². The average Bonchev–Trinajstić information content (AvgIpc) is 2.44. The minimum Gasteiger partial charge on any atom is -0.468 e. The molecule has 108 valence electrons. The largest absolute Gasteiger partial charge is 0.468 e. The van der Waals surface area contributed by atoms with E-state index < -0.39 is 11.9 Å². The summed E-state index contributed by atoms with van der Waals surface area (Å²) in [5.74, 6) is -1.30. The molecule has 0 spiro atoms. The first-order chi connectivity index (χ1) is 9.43. The molecule has 20 heavy (non-hydrogen) atoms. The second-order valence-corrected chi connectivity index (χ2v) is 4.45. The van der Waals surface area contributed by atoms with Gasteiger partial charge in [0.05, 0.1) is 13.7 Å². The Labute approximate surface area is 121 Å². The Balaban J connectivity index is 2.46. The van der Waals surface area contributed by atoms with Gasteiger partial charge in [0.15, 0.2) is 0 Å². The van der Waals surface area contributed by atoms with Gasteiger partial charge in [-0.05, 0) is 24.3 Å². The second-order valence-electron chi connectivity index (χ2n) is 4.02. The van der Waals surface area contributed by atoms with Gasteiger partial charge in [0.1, 0.15) is 6.54 Å². The molecule has 0 aliphatic heterocycles. The number of methoxy groups -OCH3 is 1. The van der Waals surface area contributed by atoms with Crippen molar-refractivity contribution in [2.75, 3.05) is 27.2 Å². The van der Waals surface area contributed by atoms with Crippen molar-refractivity contribution in [2.45, 2.75) is 0 Å². The predicted octanol–water partition coefficient (Wildman–Crippen LogP) is 0.701. The summed E-state index contributed by atoms with van der Waals surface area (Å²) in [6.07, 6.45) is 0. The number of benzene rings is 1. The van der Waals surface area contributed by atoms with Crippen LogP contribution in [0.4, 0.5) is 0 Å². The molecule has 0 saturated carbocycles. The summed E-state index contributed by atoms with van der Waals surface area (Å²) in [6, 6.07) is 6.28. The van der Waals surface area contributed by atoms with E-state index in [-0.39, 0.29) is 19.0 Å². The predicted molar refractivity (Wildman–Crippen MR) is 73.4 cm³/mol. The molecule has 1 aromatic carbocycles. The molecule has 0 atom stereocenters. The van der Waals surface area contributed by atoms with E-state index in [0.29, 0.717) is 10.6 Å². The minimum atomic E-state index is -0.523. The van der Waals surface area contributed by atoms with Crippen LogP contribution in [0.1, 0.15) is 10.4 Å². The number of hydrogen-bond acceptors (Lipinski definition) is 4. The van der Waals surface area contributed by atoms with Crippen molar-refractivity contribution in [3.63, 3.8) is 0 Å². The number of likely N-dealkylation sites (N-methyl/N-ethyl adjacent to an activating group) is 1. The molecule has 0 aliphatic carbocycles. The van der Waals surface area contributed by atoms with Crippen LogP contribution in [0.25, 0.3) is 0 Å². The number of nitrogens with one attached hydrogen (secondary N) is 1. The molecule has 0 aromatic heterocycles. The van der Waals surface area contributed by atoms with Crippen LogP contribution >= 0.6 is 11.6 Å². The summed E-state index contributed by atoms with van der Waals surface area (Å²) in [4.78, 5) is 35.6. The zero-order valence-electron chi connectivity index (χ0n) is 11.2. The first-order valence-corrected chi connectivity index (χ1v) is 6.16. The van der Waals surface area contributed by atoms with Crippen LogP contribution in [-0.4, -0.2) is 49.9 Å². The number of ether oxygens (including phenoxy) is 1. The van der Waals surface area contributed by atoms with Crippen LogP contribution in [0.2, 0.25) is 5.02 Å². The molecule has 0 aliphatic rings. The standard InChI is InChI=1S/C13H15ClN2O4/c1-16(8-12(18)20-2)11(17)7-15-13(19)9-3-5-10(14)6-4-9/h3-6H,7-8H2,1-2H3,(H,15,19). The quantitative estimate of drug-likeness (QED) is 0.812. The maximum Gasteiger partial charge on any atom is 0.325 e. The van der Waals surface area contributed by atoms with Crippen LogP contribution in [0, 0.1) is 0 Å². The van der Waals surface area contributed by atoms with Gasteiger partial charge in [-0.15, -0.1) is 0 Å². The van der Waals surface area contributed by atoms with Crippen LogP contribution in [-0.2, 0) is 14.3 Å². The number of carbonyl (C=O) groups excluding carboxylic acids is 3. The van der Waals surface area contributed by atoms with Gasteiger partial charge >= 0.3 is 5.97 Å². The second kappa shape index (κ2) is 7.49. The van der Waals surface area contributed by atoms with Gasteiger partial charge in [-0.25, -0.2) is 0 Å². The summed E-state index contributed by atoms with van der Waals surface area (Å²) >= 11 is 5.71. The molecule has 0 saturated heterocycles. The van der Waals surface area contributed by atoms with Gasteiger partial charge in [-0.1, -0.05) is 11.6 Å². The molecule has 7 heteroatoms. The minimum absolute atomic E-state index is 0.161. The number of hydrogen-bond donors (Lipinski definition) is 1. The lowest BCUT2D eigenvalue weighted by Crippen LogP contribution is -2.40. The van der Waals surface area contributed by atoms with Crippen molar-refractivity contribution in [3.8, 4) is 0 Å². The van der Waals surface area contributed by atoms with Gasteiger partial charge in [-0.3, -0.25) is 14.4 Å². The molecule has 0 bridgehead atoms. The number of rotatable bonds is 5. The first kappa shape index (κ1) is 16.0. The molecular formula is C13H15ClN2O4. The number of amides is 2. The molecule has 1 aromatic rings. The Morgan fingerprint density at radius 2 is 1.85 bits per heavy atom. The summed E-state index contributed by atoms with van der Waals surface area (Å²) < 4.78 is 4.44. The molecule has 0 fully saturated rings. The summed E-state index contributed by atoms with van der Waals surface area (Å²) in [7, 11) is 2.69. The Morgan fingerprint density at radius 3 is 2.40 bits per heavy atom. The topological polar surface area (TPSA) is 75.7 Å². The van der Waals surface area contributed by atoms with E-state index in [1.54, 1.807) is 24.3 Å². The van der Waals surface area contributed by atoms with Crippen molar-refractivity contribution in [1.29, 1.82) is 0 Å². The molecule has 6 nitrogen and oxygen atoms in total. The van der Waals surface area contributed by atoms with Crippen molar-refractivity contribution in [2.24, 2.45) is 0 Å². The van der Waals surface area contributed by atoms with Crippen LogP contribution in [0.5, 0.6) is 0 Å². The van der Waals surface area contributed by atoms with E-state index in [1.807, 2.05) is 0 Å².